The van der Waals surface area contributed by atoms with Crippen LogP contribution in [0.15, 0.2) is 138 Å². The van der Waals surface area contributed by atoms with E-state index in [1.54, 1.807) is 121 Å². The van der Waals surface area contributed by atoms with E-state index in [-0.39, 0.29) is 36.1 Å². The standard InChI is InChI=1S/C10H15BN2O3.C10H13BrN2O.C10H12BrNO2.C10H10BrNO2.C8H8BrNO2.C6H4BrNO.C4H7BrO2.B30/c1-13(2)10(14)6-5-9-4-3-8(7-12-9)11(15)16;1-13(2)10(14)6-5-9-4-3-8(11)7-12-9;2*1-2-14-10(13)6-5-9-4-3-8(11)7-12-9;9-6-1-2-7(10-5-6)3-4-8(11)12;7-5-1-2-6(4-9)8-3-5;1-2-7-4(6)3-5;1-17(2)25(18(3)4)29(26(19(5)6)20(7)8)30(27(21(9)10)22(11)12)28(23(13)14)24(15)16/h3-4,7,15-16H,5-6H2,1-2H3;3-4,7H,5-6H2,1-2H3;3-4,7H,2,5-6H2,1H3;3-7H,2H2,1H3;1-2,5H,3-4H2,(H,11,12);1-4H;2-3H2,1H3;/b;;;6-5+;;;;. The van der Waals surface area contributed by atoms with Gasteiger partial charge in [-0.3, -0.25) is 58.7 Å². The third-order valence-electron chi connectivity index (χ3n) is 15.7. The van der Waals surface area contributed by atoms with Crippen molar-refractivity contribution in [1.29, 1.82) is 0 Å². The topological polar surface area (TPSA) is 292 Å². The van der Waals surface area contributed by atoms with Crippen molar-refractivity contribution < 1.29 is 62.9 Å². The van der Waals surface area contributed by atoms with E-state index in [1.165, 1.54) is 17.2 Å². The molecular weight excluding hydrogens is 1830 g/mol. The van der Waals surface area contributed by atoms with Crippen molar-refractivity contribution >= 4 is 369 Å². The Bertz CT molecular complexity index is 3650. The van der Waals surface area contributed by atoms with Crippen LogP contribution in [0, 0.1) is 0 Å². The molecule has 0 aliphatic rings. The van der Waals surface area contributed by atoms with Crippen LogP contribution in [0.4, 0.5) is 0 Å². The van der Waals surface area contributed by atoms with Crippen molar-refractivity contribution in [3.63, 3.8) is 0 Å². The SMILES string of the molecule is CCOC(=O)/C=C/c1ccc(Br)cn1.CCOC(=O)CBr.CCOC(=O)CCc1ccc(Br)cn1.CN(C)C(=O)CCc1ccc(B(O)O)cn1.CN(C)C(=O)CCc1ccc(Br)cn1.O=C(O)CCc1ccc(Br)cn1.O=Cc1ccc(Br)cn1.[B]B([B])B(B([B])[B])B(B(B([B])[B])B([B])[B])B(B(B([B])[B])B([B])[B])B(B([B])[B])B([B])[B]. The number of hydrogen-bond donors (Lipinski definition) is 3. The highest BCUT2D eigenvalue weighted by molar-refractivity contribution is 9.11. The summed E-state index contributed by atoms with van der Waals surface area (Å²) >= 11 is 19.3. The van der Waals surface area contributed by atoms with Crippen molar-refractivity contribution in [2.75, 3.05) is 53.3 Å². The molecule has 3 N–H and O–H groups in total. The van der Waals surface area contributed by atoms with Gasteiger partial charge in [0.05, 0.1) is 38.4 Å². The smallest absolute Gasteiger partial charge is 0.481 e. The number of nitrogens with zero attached hydrogens (tertiary/aromatic N) is 8. The van der Waals surface area contributed by atoms with E-state index in [0.717, 1.165) is 50.8 Å². The van der Waals surface area contributed by atoms with Crippen LogP contribution in [0.1, 0.15) is 85.4 Å². The lowest BCUT2D eigenvalue weighted by molar-refractivity contribution is -0.143. The average Bonchev–Trinajstić information content (AvgIpc) is 0.764. The molecule has 6 aromatic rings. The molecule has 0 bridgehead atoms. The van der Waals surface area contributed by atoms with E-state index in [0.29, 0.717) is 87.5 Å². The fraction of sp³-hybridized carbons (Fsp3) is 0.328. The minimum atomic E-state index is -1.50. The Morgan fingerprint density at radius 3 is 0.931 bits per heavy atom. The van der Waals surface area contributed by atoms with Crippen molar-refractivity contribution in [2.24, 2.45) is 0 Å². The number of hydrogen-bond acceptors (Lipinski definition) is 18. The van der Waals surface area contributed by atoms with Gasteiger partial charge in [-0.25, -0.2) is 4.79 Å². The number of rotatable bonds is 33. The lowest BCUT2D eigenvalue weighted by Gasteiger charge is -2.50. The van der Waals surface area contributed by atoms with Gasteiger partial charge in [-0.1, -0.05) is 22.0 Å². The normalized spacial score (nSPS) is 9.68. The Morgan fingerprint density at radius 1 is 0.397 bits per heavy atom. The van der Waals surface area contributed by atoms with Gasteiger partial charge in [-0.05, 0) is 186 Å². The number of pyridine rings is 6. The molecule has 6 rings (SSSR count). The molecular formula is C58H69B31Br6N8O13. The van der Waals surface area contributed by atoms with Gasteiger partial charge < -0.3 is 39.2 Å². The molecule has 58 heteroatoms. The summed E-state index contributed by atoms with van der Waals surface area (Å²) in [6.45, 7) is 6.63. The van der Waals surface area contributed by atoms with Crippen LogP contribution in [-0.4, -0.2) is 370 Å². The fourth-order valence-electron chi connectivity index (χ4n) is 10.1. The van der Waals surface area contributed by atoms with Crippen LogP contribution in [0.25, 0.3) is 6.08 Å². The molecule has 0 unspecified atom stereocenters. The first kappa shape index (κ1) is 114. The number of aromatic nitrogens is 6. The third-order valence-corrected chi connectivity index (χ3v) is 18.5. The van der Waals surface area contributed by atoms with Crippen LogP contribution in [-0.2, 0) is 68.7 Å². The summed E-state index contributed by atoms with van der Waals surface area (Å²) in [6, 6.07) is 21.7. The molecule has 32 radical (unpaired) electrons. The number of aliphatic carboxylic acids is 1. The minimum Gasteiger partial charge on any atom is -0.481 e. The van der Waals surface area contributed by atoms with Crippen molar-refractivity contribution in [1.82, 2.24) is 39.7 Å². The molecule has 0 aliphatic carbocycles. The van der Waals surface area contributed by atoms with Gasteiger partial charge in [-0.2, -0.15) is 0 Å². The van der Waals surface area contributed by atoms with E-state index in [4.69, 9.17) is 148 Å². The lowest BCUT2D eigenvalue weighted by atomic mass is 8.31. The van der Waals surface area contributed by atoms with Gasteiger partial charge >= 0.3 is 31.0 Å². The van der Waals surface area contributed by atoms with Crippen LogP contribution < -0.4 is 5.46 Å². The van der Waals surface area contributed by atoms with Crippen molar-refractivity contribution in [3.8, 4) is 0 Å². The molecule has 554 valence electrons. The van der Waals surface area contributed by atoms with E-state index in [2.05, 4.69) is 130 Å². The molecule has 0 saturated carbocycles. The number of halogens is 6. The number of carboxylic acid groups (broad SMARTS) is 1. The maximum atomic E-state index is 11.3. The molecule has 0 aromatic carbocycles. The molecule has 0 aliphatic heterocycles. The second-order valence-corrected chi connectivity index (χ2v) is 30.3. The molecule has 0 spiro atoms. The van der Waals surface area contributed by atoms with Gasteiger partial charge in [0.1, 0.15) is 11.0 Å². The molecule has 2 amide bonds. The molecule has 116 heavy (non-hydrogen) atoms. The lowest BCUT2D eigenvalue weighted by Crippen LogP contribution is -2.88. The molecule has 0 fully saturated rings. The zero-order valence-electron chi connectivity index (χ0n) is 65.8. The highest BCUT2D eigenvalue weighted by Gasteiger charge is 2.52. The predicted octanol–water partition coefficient (Wildman–Crippen LogP) is -1.55. The maximum Gasteiger partial charge on any atom is 0.490 e. The largest absolute Gasteiger partial charge is 0.490 e. The maximum absolute atomic E-state index is 11.3. The molecule has 21 nitrogen and oxygen atoms in total. The fourth-order valence-corrected chi connectivity index (χ4v) is 11.5. The number of carbonyl (C=O) groups excluding carboxylic acids is 6. The number of alkyl halides is 1. The number of carbonyl (C=O) groups is 7. The van der Waals surface area contributed by atoms with E-state index < -0.39 is 102 Å². The van der Waals surface area contributed by atoms with E-state index in [1.807, 2.05) is 42.5 Å². The third kappa shape index (κ3) is 52.3. The highest BCUT2D eigenvalue weighted by atomic mass is 79.9. The molecule has 0 saturated heterocycles. The summed E-state index contributed by atoms with van der Waals surface area (Å²) in [5.41, 5.74) is 4.95. The zero-order valence-corrected chi connectivity index (χ0v) is 75.3. The van der Waals surface area contributed by atoms with Gasteiger partial charge in [0.25, 0.3) is 0 Å². The molecule has 6 aromatic heterocycles. The first-order valence-electron chi connectivity index (χ1n) is 35.7. The summed E-state index contributed by atoms with van der Waals surface area (Å²) < 4.78 is 18.6. The van der Waals surface area contributed by atoms with Crippen LogP contribution in [0.5, 0.6) is 0 Å². The van der Waals surface area contributed by atoms with Gasteiger partial charge in [0.2, 0.25) is 11.8 Å². The first-order chi connectivity index (χ1) is 54.4. The first-order valence-corrected chi connectivity index (χ1v) is 40.8. The van der Waals surface area contributed by atoms with Crippen LogP contribution in [0.2, 0.25) is 0 Å². The highest BCUT2D eigenvalue weighted by Crippen LogP contribution is 2.17. The Kier molecular flexibility index (Phi) is 64.5. The zero-order chi connectivity index (χ0) is 88.9. The quantitative estimate of drug-likeness (QED) is 0.0105. The van der Waals surface area contributed by atoms with Crippen LogP contribution >= 0.6 is 95.6 Å². The van der Waals surface area contributed by atoms with Gasteiger partial charge in [-0.15, -0.1) is 0 Å². The summed E-state index contributed by atoms with van der Waals surface area (Å²) in [4.78, 5) is 102. The second-order valence-electron chi connectivity index (χ2n) is 25.2. The van der Waals surface area contributed by atoms with E-state index in [9.17, 15) is 33.6 Å². The Balaban J connectivity index is 0. The Hall–Kier alpha value is -4.06. The summed E-state index contributed by atoms with van der Waals surface area (Å²) in [5.74, 6) is -1.33. The number of aryl methyl sites for hydroxylation is 4. The monoisotopic (exact) mass is 1900 g/mol. The van der Waals surface area contributed by atoms with Crippen LogP contribution in [0.3, 0.4) is 0 Å². The number of carboxylic acids is 1. The van der Waals surface area contributed by atoms with Crippen molar-refractivity contribution in [2.45, 2.75) is 72.1 Å². The second kappa shape index (κ2) is 65.6. The van der Waals surface area contributed by atoms with Gasteiger partial charge in [0.15, 0.2) is 6.29 Å². The number of esters is 3. The Morgan fingerprint density at radius 2 is 0.690 bits per heavy atom. The number of aldehydes is 1. The number of ether oxygens (including phenoxy) is 3. The minimum absolute atomic E-state index is 0.0491. The summed E-state index contributed by atoms with van der Waals surface area (Å²) in [7, 11) is 102. The summed E-state index contributed by atoms with van der Waals surface area (Å²) in [5, 5.41) is 26.4. The average molecular weight is 1900 g/mol. The number of amides is 2. The van der Waals surface area contributed by atoms with Gasteiger partial charge in [0, 0.05) is 361 Å². The molecule has 0 atom stereocenters. The Labute approximate surface area is 763 Å². The van der Waals surface area contributed by atoms with Crippen molar-refractivity contribution in [3.05, 3.63) is 173 Å². The summed E-state index contributed by atoms with van der Waals surface area (Å²) in [6.07, 6.45) is 3.59. The predicted molar refractivity (Wildman–Crippen MR) is 523 cm³/mol. The van der Waals surface area contributed by atoms with E-state index >= 15 is 0 Å². The molecule has 6 heterocycles.